The Morgan fingerprint density at radius 2 is 1.60 bits per heavy atom. The van der Waals surface area contributed by atoms with Crippen molar-refractivity contribution in [2.24, 2.45) is 0 Å². The number of imidazole rings is 1. The average Bonchev–Trinajstić information content (AvgIpc) is 3.55. The number of nitrogens with zero attached hydrogens (tertiary/aromatic N) is 4. The summed E-state index contributed by atoms with van der Waals surface area (Å²) in [5, 5.41) is 4.88. The fourth-order valence-electron chi connectivity index (χ4n) is 5.13. The lowest BCUT2D eigenvalue weighted by Gasteiger charge is -2.47. The van der Waals surface area contributed by atoms with Crippen LogP contribution in [0.4, 0.5) is 0 Å². The quantitative estimate of drug-likeness (QED) is 0.288. The van der Waals surface area contributed by atoms with E-state index in [9.17, 15) is 0 Å². The van der Waals surface area contributed by atoms with Crippen molar-refractivity contribution < 1.29 is 4.74 Å². The second kappa shape index (κ2) is 7.70. The molecular formula is C30H28N4O. The number of ether oxygens (including phenoxy) is 1. The van der Waals surface area contributed by atoms with E-state index in [1.807, 2.05) is 41.2 Å². The maximum Gasteiger partial charge on any atom is 0.129 e. The highest BCUT2D eigenvalue weighted by Crippen LogP contribution is 2.52. The molecule has 35 heavy (non-hydrogen) atoms. The molecule has 6 rings (SSSR count). The van der Waals surface area contributed by atoms with Crippen LogP contribution in [0.1, 0.15) is 39.0 Å². The largest absolute Gasteiger partial charge is 0.457 e. The Balaban J connectivity index is 1.45. The van der Waals surface area contributed by atoms with Gasteiger partial charge in [0.05, 0.1) is 29.6 Å². The molecule has 0 unspecified atom stereocenters. The standard InChI is InChI=1S/C30H28N4O/c1-29(2)26-14-13-24(35-23-12-8-11-22(17-23)33-16-15-31-20-33)18-27(26)34-28(30(29,3)4)25(19-32-34)21-9-6-5-7-10-21/h5-20H,1-4H3. The molecule has 174 valence electrons. The zero-order chi connectivity index (χ0) is 24.2. The van der Waals surface area contributed by atoms with Crippen LogP contribution in [0, 0.1) is 0 Å². The van der Waals surface area contributed by atoms with Crippen molar-refractivity contribution in [2.45, 2.75) is 38.5 Å². The minimum atomic E-state index is -0.136. The molecule has 0 aliphatic carbocycles. The predicted octanol–water partition coefficient (Wildman–Crippen LogP) is 7.09. The topological polar surface area (TPSA) is 44.9 Å². The predicted molar refractivity (Wildman–Crippen MR) is 139 cm³/mol. The number of hydrogen-bond acceptors (Lipinski definition) is 3. The fraction of sp³-hybridized carbons (Fsp3) is 0.200. The molecule has 0 radical (unpaired) electrons. The van der Waals surface area contributed by atoms with Gasteiger partial charge in [0, 0.05) is 40.9 Å². The molecule has 0 spiro atoms. The maximum absolute atomic E-state index is 6.33. The Bertz CT molecular complexity index is 1510. The second-order valence-electron chi connectivity index (χ2n) is 10.2. The van der Waals surface area contributed by atoms with Gasteiger partial charge in [0.1, 0.15) is 11.5 Å². The Morgan fingerprint density at radius 3 is 2.37 bits per heavy atom. The van der Waals surface area contributed by atoms with E-state index in [0.717, 1.165) is 22.9 Å². The summed E-state index contributed by atoms with van der Waals surface area (Å²) in [5.41, 5.74) is 6.67. The molecule has 0 saturated heterocycles. The van der Waals surface area contributed by atoms with Crippen molar-refractivity contribution in [3.8, 4) is 34.0 Å². The van der Waals surface area contributed by atoms with Crippen LogP contribution in [-0.2, 0) is 10.8 Å². The first kappa shape index (κ1) is 21.4. The van der Waals surface area contributed by atoms with E-state index in [4.69, 9.17) is 9.84 Å². The van der Waals surface area contributed by atoms with Crippen LogP contribution in [-0.4, -0.2) is 19.3 Å². The van der Waals surface area contributed by atoms with Gasteiger partial charge in [-0.05, 0) is 29.3 Å². The summed E-state index contributed by atoms with van der Waals surface area (Å²) in [6, 6.07) is 24.9. The molecule has 3 aromatic carbocycles. The summed E-state index contributed by atoms with van der Waals surface area (Å²) in [6.45, 7) is 9.29. The highest BCUT2D eigenvalue weighted by Gasteiger charge is 2.48. The smallest absolute Gasteiger partial charge is 0.129 e. The van der Waals surface area contributed by atoms with E-state index in [1.165, 1.54) is 22.4 Å². The third-order valence-corrected chi connectivity index (χ3v) is 7.74. The first-order valence-corrected chi connectivity index (χ1v) is 11.9. The van der Waals surface area contributed by atoms with Crippen molar-refractivity contribution in [3.05, 3.63) is 109 Å². The summed E-state index contributed by atoms with van der Waals surface area (Å²) in [5.74, 6) is 1.56. The Hall–Kier alpha value is -4.12. The maximum atomic E-state index is 6.33. The summed E-state index contributed by atoms with van der Waals surface area (Å²) in [6.07, 6.45) is 7.47. The van der Waals surface area contributed by atoms with Crippen molar-refractivity contribution in [3.63, 3.8) is 0 Å². The lowest BCUT2D eigenvalue weighted by molar-refractivity contribution is 0.275. The van der Waals surface area contributed by atoms with Crippen LogP contribution in [0.2, 0.25) is 0 Å². The number of hydrogen-bond donors (Lipinski definition) is 0. The summed E-state index contributed by atoms with van der Waals surface area (Å²) < 4.78 is 10.4. The Kier molecular flexibility index (Phi) is 4.71. The molecule has 0 atom stereocenters. The molecule has 5 nitrogen and oxygen atoms in total. The van der Waals surface area contributed by atoms with Crippen LogP contribution in [0.5, 0.6) is 11.5 Å². The highest BCUT2D eigenvalue weighted by atomic mass is 16.5. The number of benzene rings is 3. The number of aromatic nitrogens is 4. The molecule has 2 aromatic heterocycles. The minimum Gasteiger partial charge on any atom is -0.457 e. The molecule has 5 heteroatoms. The normalized spacial score (nSPS) is 15.3. The van der Waals surface area contributed by atoms with Gasteiger partial charge < -0.3 is 9.30 Å². The van der Waals surface area contributed by atoms with Crippen LogP contribution >= 0.6 is 0 Å². The van der Waals surface area contributed by atoms with Gasteiger partial charge in [-0.1, -0.05) is 70.2 Å². The van der Waals surface area contributed by atoms with E-state index < -0.39 is 0 Å². The molecule has 0 amide bonds. The van der Waals surface area contributed by atoms with Crippen molar-refractivity contribution in [1.82, 2.24) is 19.3 Å². The van der Waals surface area contributed by atoms with Gasteiger partial charge >= 0.3 is 0 Å². The zero-order valence-corrected chi connectivity index (χ0v) is 20.4. The lowest BCUT2D eigenvalue weighted by Crippen LogP contribution is -2.46. The molecule has 1 aliphatic rings. The van der Waals surface area contributed by atoms with Gasteiger partial charge in [-0.3, -0.25) is 0 Å². The average molecular weight is 461 g/mol. The molecule has 0 bridgehead atoms. The van der Waals surface area contributed by atoms with Crippen LogP contribution < -0.4 is 4.74 Å². The molecule has 5 aromatic rings. The van der Waals surface area contributed by atoms with Gasteiger partial charge in [-0.15, -0.1) is 0 Å². The van der Waals surface area contributed by atoms with Gasteiger partial charge in [0.25, 0.3) is 0 Å². The Labute approximate surface area is 205 Å². The van der Waals surface area contributed by atoms with Crippen LogP contribution in [0.25, 0.3) is 22.5 Å². The highest BCUT2D eigenvalue weighted by molar-refractivity contribution is 5.71. The van der Waals surface area contributed by atoms with E-state index >= 15 is 0 Å². The molecule has 3 heterocycles. The SMILES string of the molecule is CC1(C)c2ccc(Oc3cccc(-n4ccnc4)c3)cc2-n2ncc(-c3ccccc3)c2C1(C)C. The third kappa shape index (κ3) is 3.30. The summed E-state index contributed by atoms with van der Waals surface area (Å²) in [4.78, 5) is 4.14. The van der Waals surface area contributed by atoms with Gasteiger partial charge in [-0.2, -0.15) is 5.10 Å². The van der Waals surface area contributed by atoms with Crippen molar-refractivity contribution >= 4 is 0 Å². The van der Waals surface area contributed by atoms with E-state index in [1.54, 1.807) is 12.5 Å². The molecule has 0 saturated carbocycles. The Morgan fingerprint density at radius 1 is 0.800 bits per heavy atom. The monoisotopic (exact) mass is 460 g/mol. The second-order valence-corrected chi connectivity index (χ2v) is 10.2. The van der Waals surface area contributed by atoms with E-state index in [2.05, 4.69) is 85.9 Å². The van der Waals surface area contributed by atoms with E-state index in [-0.39, 0.29) is 10.8 Å². The first-order valence-electron chi connectivity index (χ1n) is 11.9. The third-order valence-electron chi connectivity index (χ3n) is 7.74. The fourth-order valence-corrected chi connectivity index (χ4v) is 5.13. The molecular weight excluding hydrogens is 432 g/mol. The zero-order valence-electron chi connectivity index (χ0n) is 20.4. The van der Waals surface area contributed by atoms with Gasteiger partial charge in [0.15, 0.2) is 0 Å². The van der Waals surface area contributed by atoms with Crippen LogP contribution in [0.3, 0.4) is 0 Å². The lowest BCUT2D eigenvalue weighted by atomic mass is 9.59. The molecule has 1 aliphatic heterocycles. The molecule has 0 N–H and O–H groups in total. The number of rotatable bonds is 4. The molecule has 0 fully saturated rings. The summed E-state index contributed by atoms with van der Waals surface area (Å²) >= 11 is 0. The first-order chi connectivity index (χ1) is 16.9. The van der Waals surface area contributed by atoms with Gasteiger partial charge in [-0.25, -0.2) is 9.67 Å². The minimum absolute atomic E-state index is 0.109. The summed E-state index contributed by atoms with van der Waals surface area (Å²) in [7, 11) is 0. The van der Waals surface area contributed by atoms with Gasteiger partial charge in [0.2, 0.25) is 0 Å². The number of fused-ring (bicyclic) bond motifs is 3. The van der Waals surface area contributed by atoms with Crippen LogP contribution in [0.15, 0.2) is 97.7 Å². The van der Waals surface area contributed by atoms with E-state index in [0.29, 0.717) is 0 Å². The van der Waals surface area contributed by atoms with Crippen molar-refractivity contribution in [2.75, 3.05) is 0 Å². The van der Waals surface area contributed by atoms with Crippen molar-refractivity contribution in [1.29, 1.82) is 0 Å².